The van der Waals surface area contributed by atoms with Gasteiger partial charge in [-0.1, -0.05) is 12.1 Å². The highest BCUT2D eigenvalue weighted by Gasteiger charge is 2.15. The molecule has 0 heterocycles. The summed E-state index contributed by atoms with van der Waals surface area (Å²) in [6.07, 6.45) is 0.330. The second kappa shape index (κ2) is 6.84. The van der Waals surface area contributed by atoms with Crippen molar-refractivity contribution >= 4 is 5.97 Å². The molecule has 0 saturated heterocycles. The summed E-state index contributed by atoms with van der Waals surface area (Å²) in [7, 11) is 0. The van der Waals surface area contributed by atoms with E-state index in [1.807, 2.05) is 32.9 Å². The molecule has 0 unspecified atom stereocenters. The van der Waals surface area contributed by atoms with Gasteiger partial charge in [0.25, 0.3) is 0 Å². The Morgan fingerprint density at radius 3 is 2.30 bits per heavy atom. The van der Waals surface area contributed by atoms with E-state index in [4.69, 9.17) is 4.74 Å². The summed E-state index contributed by atoms with van der Waals surface area (Å²) in [6.45, 7) is 10.2. The van der Waals surface area contributed by atoms with Gasteiger partial charge in [0.2, 0.25) is 0 Å². The summed E-state index contributed by atoms with van der Waals surface area (Å²) < 4.78 is 18.7. The van der Waals surface area contributed by atoms with Gasteiger partial charge in [-0.05, 0) is 51.3 Å². The van der Waals surface area contributed by atoms with Gasteiger partial charge in [0, 0.05) is 13.1 Å². The first-order valence-corrected chi connectivity index (χ1v) is 6.87. The molecule has 0 aromatic heterocycles. The summed E-state index contributed by atoms with van der Waals surface area (Å²) in [6, 6.07) is 3.64. The van der Waals surface area contributed by atoms with Gasteiger partial charge in [0.05, 0.1) is 6.42 Å². The van der Waals surface area contributed by atoms with Crippen molar-refractivity contribution in [2.45, 2.75) is 53.2 Å². The van der Waals surface area contributed by atoms with Crippen molar-refractivity contribution in [3.8, 4) is 0 Å². The van der Waals surface area contributed by atoms with Crippen LogP contribution in [0.4, 0.5) is 4.39 Å². The monoisotopic (exact) mass is 281 g/mol. The zero-order valence-electron chi connectivity index (χ0n) is 13.0. The van der Waals surface area contributed by atoms with Gasteiger partial charge in [-0.25, -0.2) is 4.39 Å². The van der Waals surface area contributed by atoms with Crippen LogP contribution < -0.4 is 5.32 Å². The molecule has 112 valence electrons. The molecular weight excluding hydrogens is 257 g/mol. The van der Waals surface area contributed by atoms with Crippen LogP contribution in [0.3, 0.4) is 0 Å². The van der Waals surface area contributed by atoms with Crippen molar-refractivity contribution in [2.75, 3.05) is 6.54 Å². The second-order valence-corrected chi connectivity index (χ2v) is 6.06. The van der Waals surface area contributed by atoms with E-state index < -0.39 is 5.60 Å². The topological polar surface area (TPSA) is 38.3 Å². The van der Waals surface area contributed by atoms with E-state index in [0.717, 1.165) is 5.56 Å². The molecule has 0 aliphatic rings. The van der Waals surface area contributed by atoms with Crippen LogP contribution in [0.5, 0.6) is 0 Å². The maximum Gasteiger partial charge on any atom is 0.307 e. The number of aryl methyl sites for hydroxylation is 2. The predicted octanol–water partition coefficient (Wildman–Crippen LogP) is 3.26. The van der Waals surface area contributed by atoms with E-state index in [1.165, 1.54) is 0 Å². The minimum absolute atomic E-state index is 0.150. The van der Waals surface area contributed by atoms with Crippen LogP contribution in [-0.4, -0.2) is 18.1 Å². The van der Waals surface area contributed by atoms with Gasteiger partial charge in [-0.3, -0.25) is 4.79 Å². The molecule has 1 rings (SSSR count). The number of carbonyl (C=O) groups is 1. The lowest BCUT2D eigenvalue weighted by Gasteiger charge is -2.19. The van der Waals surface area contributed by atoms with Gasteiger partial charge >= 0.3 is 5.97 Å². The van der Waals surface area contributed by atoms with Crippen LogP contribution in [-0.2, 0) is 16.1 Å². The zero-order chi connectivity index (χ0) is 15.3. The number of esters is 1. The largest absolute Gasteiger partial charge is 0.460 e. The molecule has 0 aliphatic heterocycles. The third kappa shape index (κ3) is 5.70. The van der Waals surface area contributed by atoms with Crippen LogP contribution in [0, 0.1) is 19.7 Å². The van der Waals surface area contributed by atoms with Crippen LogP contribution in [0.2, 0.25) is 0 Å². The molecule has 0 bridgehead atoms. The van der Waals surface area contributed by atoms with E-state index in [9.17, 15) is 9.18 Å². The van der Waals surface area contributed by atoms with E-state index in [-0.39, 0.29) is 11.8 Å². The van der Waals surface area contributed by atoms with E-state index >= 15 is 0 Å². The van der Waals surface area contributed by atoms with Gasteiger partial charge in [-0.2, -0.15) is 0 Å². The summed E-state index contributed by atoms with van der Waals surface area (Å²) >= 11 is 0. The average molecular weight is 281 g/mol. The quantitative estimate of drug-likeness (QED) is 0.665. The third-order valence-corrected chi connectivity index (χ3v) is 2.75. The highest BCUT2D eigenvalue weighted by atomic mass is 19.1. The van der Waals surface area contributed by atoms with Crippen molar-refractivity contribution in [3.63, 3.8) is 0 Å². The number of halogens is 1. The Bertz CT molecular complexity index is 455. The number of nitrogens with one attached hydrogen (secondary N) is 1. The molecule has 20 heavy (non-hydrogen) atoms. The molecular formula is C16H24FNO2. The fourth-order valence-corrected chi connectivity index (χ4v) is 1.95. The molecule has 0 atom stereocenters. The van der Waals surface area contributed by atoms with Crippen molar-refractivity contribution in [1.29, 1.82) is 0 Å². The lowest BCUT2D eigenvalue weighted by Crippen LogP contribution is -2.26. The van der Waals surface area contributed by atoms with Gasteiger partial charge < -0.3 is 10.1 Å². The highest BCUT2D eigenvalue weighted by Crippen LogP contribution is 2.14. The summed E-state index contributed by atoms with van der Waals surface area (Å²) in [5.74, 6) is -0.362. The predicted molar refractivity (Wildman–Crippen MR) is 78.0 cm³/mol. The summed E-state index contributed by atoms with van der Waals surface area (Å²) in [5, 5.41) is 3.17. The first kappa shape index (κ1) is 16.6. The minimum Gasteiger partial charge on any atom is -0.460 e. The molecule has 0 radical (unpaired) electrons. The average Bonchev–Trinajstić information content (AvgIpc) is 2.29. The van der Waals surface area contributed by atoms with E-state index in [0.29, 0.717) is 30.6 Å². The Morgan fingerprint density at radius 1 is 1.25 bits per heavy atom. The Labute approximate surface area is 120 Å². The summed E-state index contributed by atoms with van der Waals surface area (Å²) in [4.78, 5) is 11.5. The molecule has 1 aromatic carbocycles. The fraction of sp³-hybridized carbons (Fsp3) is 0.562. The molecule has 1 aromatic rings. The standard InChI is InChI=1S/C16H24FNO2/c1-11-8-13(9-12(2)15(11)17)10-18-7-6-14(19)20-16(3,4)5/h8-9,18H,6-7,10H2,1-5H3. The van der Waals surface area contributed by atoms with Gasteiger partial charge in [-0.15, -0.1) is 0 Å². The first-order chi connectivity index (χ1) is 9.19. The number of hydrogen-bond acceptors (Lipinski definition) is 3. The van der Waals surface area contributed by atoms with Crippen LogP contribution in [0.15, 0.2) is 12.1 Å². The van der Waals surface area contributed by atoms with Crippen molar-refractivity contribution < 1.29 is 13.9 Å². The van der Waals surface area contributed by atoms with Crippen molar-refractivity contribution in [2.24, 2.45) is 0 Å². The smallest absolute Gasteiger partial charge is 0.307 e. The number of benzene rings is 1. The zero-order valence-corrected chi connectivity index (χ0v) is 13.0. The summed E-state index contributed by atoms with van der Waals surface area (Å²) in [5.41, 5.74) is 1.87. The normalized spacial score (nSPS) is 11.5. The SMILES string of the molecule is Cc1cc(CNCCC(=O)OC(C)(C)C)cc(C)c1F. The van der Waals surface area contributed by atoms with Gasteiger partial charge in [0.1, 0.15) is 11.4 Å². The molecule has 3 nitrogen and oxygen atoms in total. The molecule has 4 heteroatoms. The first-order valence-electron chi connectivity index (χ1n) is 6.87. The number of rotatable bonds is 5. The molecule has 0 spiro atoms. The maximum atomic E-state index is 13.5. The number of hydrogen-bond donors (Lipinski definition) is 1. The maximum absolute atomic E-state index is 13.5. The Morgan fingerprint density at radius 2 is 1.80 bits per heavy atom. The minimum atomic E-state index is -0.442. The fourth-order valence-electron chi connectivity index (χ4n) is 1.95. The third-order valence-electron chi connectivity index (χ3n) is 2.75. The second-order valence-electron chi connectivity index (χ2n) is 6.06. The Hall–Kier alpha value is -1.42. The highest BCUT2D eigenvalue weighted by molar-refractivity contribution is 5.70. The lowest BCUT2D eigenvalue weighted by molar-refractivity contribution is -0.154. The van der Waals surface area contributed by atoms with Crippen LogP contribution >= 0.6 is 0 Å². The molecule has 0 amide bonds. The van der Waals surface area contributed by atoms with Crippen LogP contribution in [0.25, 0.3) is 0 Å². The molecule has 0 fully saturated rings. The van der Waals surface area contributed by atoms with E-state index in [2.05, 4.69) is 5.32 Å². The van der Waals surface area contributed by atoms with Gasteiger partial charge in [0.15, 0.2) is 0 Å². The molecule has 1 N–H and O–H groups in total. The number of carbonyl (C=O) groups excluding carboxylic acids is 1. The van der Waals surface area contributed by atoms with Crippen molar-refractivity contribution in [3.05, 3.63) is 34.6 Å². The molecule has 0 saturated carbocycles. The Balaban J connectivity index is 2.37. The van der Waals surface area contributed by atoms with Crippen LogP contribution in [0.1, 0.15) is 43.9 Å². The van der Waals surface area contributed by atoms with Crippen molar-refractivity contribution in [1.82, 2.24) is 5.32 Å². The Kier molecular flexibility index (Phi) is 5.69. The van der Waals surface area contributed by atoms with E-state index in [1.54, 1.807) is 13.8 Å². The lowest BCUT2D eigenvalue weighted by atomic mass is 10.1. The number of ether oxygens (including phenoxy) is 1. The molecule has 0 aliphatic carbocycles.